The predicted molar refractivity (Wildman–Crippen MR) is 90.2 cm³/mol. The third-order valence-electron chi connectivity index (χ3n) is 3.57. The van der Waals surface area contributed by atoms with Crippen molar-refractivity contribution in [3.05, 3.63) is 54.1 Å². The fourth-order valence-electron chi connectivity index (χ4n) is 2.25. The minimum absolute atomic E-state index is 0.272. The van der Waals surface area contributed by atoms with Crippen LogP contribution < -0.4 is 4.72 Å². The Hall–Kier alpha value is -1.46. The van der Waals surface area contributed by atoms with E-state index in [4.69, 9.17) is 0 Å². The van der Waals surface area contributed by atoms with Gasteiger partial charge in [-0.15, -0.1) is 11.8 Å². The van der Waals surface area contributed by atoms with E-state index in [0.29, 0.717) is 5.69 Å². The zero-order chi connectivity index (χ0) is 15.1. The molecule has 1 atom stereocenters. The summed E-state index contributed by atoms with van der Waals surface area (Å²) in [6.45, 7) is 2.26. The molecule has 0 amide bonds. The average molecular weight is 319 g/mol. The van der Waals surface area contributed by atoms with Crippen molar-refractivity contribution in [3.63, 3.8) is 0 Å². The minimum Gasteiger partial charge on any atom is -0.284 e. The highest BCUT2D eigenvalue weighted by Gasteiger charge is 2.40. The van der Waals surface area contributed by atoms with E-state index in [1.807, 2.05) is 23.9 Å². The number of sulfonamides is 1. The van der Waals surface area contributed by atoms with Gasteiger partial charge in [0.1, 0.15) is 0 Å². The Morgan fingerprint density at radius 2 is 1.76 bits per heavy atom. The van der Waals surface area contributed by atoms with Crippen LogP contribution in [-0.4, -0.2) is 20.4 Å². The quantitative estimate of drug-likeness (QED) is 0.874. The molecule has 1 aliphatic heterocycles. The maximum absolute atomic E-state index is 11.2. The van der Waals surface area contributed by atoms with Crippen LogP contribution in [0.25, 0.3) is 11.1 Å². The van der Waals surface area contributed by atoms with Crippen LogP contribution in [0.4, 0.5) is 5.69 Å². The Bertz CT molecular complexity index is 763. The van der Waals surface area contributed by atoms with E-state index in [9.17, 15) is 8.42 Å². The molecule has 3 rings (SSSR count). The van der Waals surface area contributed by atoms with Gasteiger partial charge in [0.15, 0.2) is 0 Å². The molecule has 3 nitrogen and oxygen atoms in total. The van der Waals surface area contributed by atoms with Gasteiger partial charge < -0.3 is 0 Å². The van der Waals surface area contributed by atoms with Crippen LogP contribution >= 0.6 is 11.8 Å². The van der Waals surface area contributed by atoms with Gasteiger partial charge >= 0.3 is 0 Å². The predicted octanol–water partition coefficient (Wildman–Crippen LogP) is 3.69. The number of nitrogens with one attached hydrogen (secondary N) is 1. The number of benzene rings is 2. The van der Waals surface area contributed by atoms with Crippen molar-refractivity contribution in [3.8, 4) is 11.1 Å². The van der Waals surface area contributed by atoms with Crippen LogP contribution in [0.2, 0.25) is 0 Å². The Labute approximate surface area is 129 Å². The molecule has 5 heteroatoms. The zero-order valence-corrected chi connectivity index (χ0v) is 13.6. The maximum Gasteiger partial charge on any atom is 0.229 e. The lowest BCUT2D eigenvalue weighted by Crippen LogP contribution is -2.09. The van der Waals surface area contributed by atoms with Crippen LogP contribution in [0.3, 0.4) is 0 Å². The van der Waals surface area contributed by atoms with Crippen LogP contribution in [0.15, 0.2) is 48.5 Å². The number of anilines is 1. The molecule has 1 heterocycles. The molecule has 1 unspecified atom stereocenters. The van der Waals surface area contributed by atoms with Gasteiger partial charge in [-0.25, -0.2) is 8.42 Å². The summed E-state index contributed by atoms with van der Waals surface area (Å²) in [7, 11) is -3.23. The van der Waals surface area contributed by atoms with E-state index in [2.05, 4.69) is 35.9 Å². The number of rotatable bonds is 4. The van der Waals surface area contributed by atoms with E-state index < -0.39 is 10.0 Å². The Kier molecular flexibility index (Phi) is 3.50. The SMILES string of the molecule is CC1(c2cccc(-c3ccc(NS(C)(=O)=O)cc3)c2)CS1. The number of thioether (sulfide) groups is 1. The molecule has 1 aliphatic rings. The third kappa shape index (κ3) is 3.41. The smallest absolute Gasteiger partial charge is 0.229 e. The van der Waals surface area contributed by atoms with E-state index in [1.165, 1.54) is 11.3 Å². The van der Waals surface area contributed by atoms with E-state index in [0.717, 1.165) is 17.4 Å². The molecule has 2 aromatic rings. The average Bonchev–Trinajstić information content (AvgIpc) is 3.17. The van der Waals surface area contributed by atoms with Crippen molar-refractivity contribution in [2.75, 3.05) is 16.7 Å². The topological polar surface area (TPSA) is 46.2 Å². The summed E-state index contributed by atoms with van der Waals surface area (Å²) in [5.74, 6) is 1.17. The van der Waals surface area contributed by atoms with Gasteiger partial charge in [0.25, 0.3) is 0 Å². The summed E-state index contributed by atoms with van der Waals surface area (Å²) in [6, 6.07) is 16.0. The molecule has 0 aliphatic carbocycles. The van der Waals surface area contributed by atoms with Crippen LogP contribution in [0.5, 0.6) is 0 Å². The maximum atomic E-state index is 11.2. The molecule has 1 N–H and O–H groups in total. The van der Waals surface area contributed by atoms with Crippen molar-refractivity contribution >= 4 is 27.5 Å². The van der Waals surface area contributed by atoms with Gasteiger partial charge in [-0.2, -0.15) is 0 Å². The third-order valence-corrected chi connectivity index (χ3v) is 5.57. The molecule has 2 aromatic carbocycles. The summed E-state index contributed by atoms with van der Waals surface area (Å²) in [4.78, 5) is 0. The van der Waals surface area contributed by atoms with Crippen LogP contribution in [0.1, 0.15) is 12.5 Å². The zero-order valence-electron chi connectivity index (χ0n) is 12.0. The molecule has 0 spiro atoms. The highest BCUT2D eigenvalue weighted by atomic mass is 32.2. The lowest BCUT2D eigenvalue weighted by atomic mass is 9.97. The lowest BCUT2D eigenvalue weighted by molar-refractivity contribution is 0.607. The second-order valence-electron chi connectivity index (χ2n) is 5.55. The van der Waals surface area contributed by atoms with Gasteiger partial charge in [-0.1, -0.05) is 30.3 Å². The normalized spacial score (nSPS) is 21.0. The first-order valence-electron chi connectivity index (χ1n) is 6.68. The summed E-state index contributed by atoms with van der Waals surface area (Å²) >= 11 is 1.96. The number of hydrogen-bond donors (Lipinski definition) is 1. The summed E-state index contributed by atoms with van der Waals surface area (Å²) < 4.78 is 25.2. The van der Waals surface area contributed by atoms with Gasteiger partial charge in [0.2, 0.25) is 10.0 Å². The lowest BCUT2D eigenvalue weighted by Gasteiger charge is -2.10. The van der Waals surface area contributed by atoms with Gasteiger partial charge in [0.05, 0.1) is 6.26 Å². The van der Waals surface area contributed by atoms with Gasteiger partial charge in [-0.05, 0) is 41.8 Å². The Balaban J connectivity index is 1.87. The molecular weight excluding hydrogens is 302 g/mol. The molecule has 0 aromatic heterocycles. The second-order valence-corrected chi connectivity index (χ2v) is 8.78. The molecule has 0 saturated carbocycles. The fourth-order valence-corrected chi connectivity index (χ4v) is 3.49. The molecule has 110 valence electrons. The first-order valence-corrected chi connectivity index (χ1v) is 9.56. The van der Waals surface area contributed by atoms with Crippen molar-refractivity contribution < 1.29 is 8.42 Å². The highest BCUT2D eigenvalue weighted by Crippen LogP contribution is 2.53. The van der Waals surface area contributed by atoms with Crippen molar-refractivity contribution in [1.82, 2.24) is 0 Å². The molecule has 1 saturated heterocycles. The molecular formula is C16H17NO2S2. The van der Waals surface area contributed by atoms with Crippen molar-refractivity contribution in [2.45, 2.75) is 11.7 Å². The molecule has 0 radical (unpaired) electrons. The molecule has 0 bridgehead atoms. The highest BCUT2D eigenvalue weighted by molar-refractivity contribution is 8.07. The Morgan fingerprint density at radius 1 is 1.10 bits per heavy atom. The summed E-state index contributed by atoms with van der Waals surface area (Å²) in [5.41, 5.74) is 4.18. The minimum atomic E-state index is -3.23. The second kappa shape index (κ2) is 5.07. The first kappa shape index (κ1) is 14.5. The van der Waals surface area contributed by atoms with Crippen LogP contribution in [0, 0.1) is 0 Å². The van der Waals surface area contributed by atoms with Crippen molar-refractivity contribution in [1.29, 1.82) is 0 Å². The van der Waals surface area contributed by atoms with Gasteiger partial charge in [-0.3, -0.25) is 4.72 Å². The van der Waals surface area contributed by atoms with Crippen molar-refractivity contribution in [2.24, 2.45) is 0 Å². The van der Waals surface area contributed by atoms with E-state index in [1.54, 1.807) is 12.1 Å². The first-order chi connectivity index (χ1) is 9.86. The standard InChI is InChI=1S/C16H17NO2S2/c1-16(11-20-16)14-5-3-4-13(10-14)12-6-8-15(9-7-12)17-21(2,18)19/h3-10,17H,11H2,1-2H3. The van der Waals surface area contributed by atoms with E-state index >= 15 is 0 Å². The van der Waals surface area contributed by atoms with E-state index in [-0.39, 0.29) is 4.75 Å². The monoisotopic (exact) mass is 319 g/mol. The summed E-state index contributed by atoms with van der Waals surface area (Å²) in [5, 5.41) is 0. The molecule has 21 heavy (non-hydrogen) atoms. The van der Waals surface area contributed by atoms with Gasteiger partial charge in [0, 0.05) is 16.2 Å². The Morgan fingerprint density at radius 3 is 2.33 bits per heavy atom. The fraction of sp³-hybridized carbons (Fsp3) is 0.250. The summed E-state index contributed by atoms with van der Waals surface area (Å²) in [6.07, 6.45) is 1.15. The van der Waals surface area contributed by atoms with Crippen LogP contribution in [-0.2, 0) is 14.8 Å². The number of hydrogen-bond acceptors (Lipinski definition) is 3. The molecule has 1 fully saturated rings. The largest absolute Gasteiger partial charge is 0.284 e.